The number of carbonyl (C=O) groups excluding carboxylic acids is 2. The minimum atomic E-state index is -0.684. The lowest BCUT2D eigenvalue weighted by Crippen LogP contribution is -2.49. The first-order valence-electron chi connectivity index (χ1n) is 17.2. The minimum Gasteiger partial charge on any atom is -0.507 e. The maximum Gasteiger partial charge on any atom is 0.230 e. The van der Waals surface area contributed by atoms with Crippen LogP contribution in [-0.4, -0.2) is 33.1 Å². The van der Waals surface area contributed by atoms with Gasteiger partial charge in [0.15, 0.2) is 0 Å². The normalized spacial score (nSPS) is 13.5. The predicted molar refractivity (Wildman–Crippen MR) is 192 cm³/mol. The van der Waals surface area contributed by atoms with Gasteiger partial charge in [-0.3, -0.25) is 14.5 Å². The highest BCUT2D eigenvalue weighted by molar-refractivity contribution is 5.95. The Labute approximate surface area is 280 Å². The van der Waals surface area contributed by atoms with E-state index in [1.807, 2.05) is 24.3 Å². The number of hydrogen-bond donors (Lipinski definition) is 3. The molecule has 0 spiro atoms. The number of phenols is 2. The summed E-state index contributed by atoms with van der Waals surface area (Å²) >= 11 is 0. The van der Waals surface area contributed by atoms with E-state index in [9.17, 15) is 19.8 Å². The number of aromatic hydroxyl groups is 2. The number of carbonyl (C=O) groups is 2. The fourth-order valence-corrected chi connectivity index (χ4v) is 5.95. The molecule has 0 aliphatic carbocycles. The number of aryl methyl sites for hydroxylation is 2. The van der Waals surface area contributed by atoms with Gasteiger partial charge in [0.1, 0.15) is 11.5 Å². The Kier molecular flexibility index (Phi) is 12.8. The van der Waals surface area contributed by atoms with Gasteiger partial charge in [-0.1, -0.05) is 134 Å². The van der Waals surface area contributed by atoms with Gasteiger partial charge in [0.25, 0.3) is 0 Å². The SMILES string of the molecule is CCCCCC(N)N(C(=O)CCc1cc(C(C)(C)C)c(O)c(C(C)(C)C)c1)C(=O)CCc1cc(C(C)(C)C)c(O)c(C(C)(C)C)c1. The van der Waals surface area contributed by atoms with Crippen LogP contribution in [0.15, 0.2) is 24.3 Å². The first kappa shape index (κ1) is 39.3. The molecule has 2 rings (SSSR count). The van der Waals surface area contributed by atoms with Crippen molar-refractivity contribution in [1.29, 1.82) is 0 Å². The van der Waals surface area contributed by atoms with Crippen molar-refractivity contribution in [2.45, 2.75) is 169 Å². The Morgan fingerprint density at radius 2 is 0.935 bits per heavy atom. The molecule has 0 saturated heterocycles. The minimum absolute atomic E-state index is 0.146. The number of imide groups is 1. The molecule has 0 bridgehead atoms. The number of phenolic OH excluding ortho intramolecular Hbond substituents is 2. The highest BCUT2D eigenvalue weighted by Crippen LogP contribution is 2.41. The Hall–Kier alpha value is -2.86. The molecule has 0 radical (unpaired) electrons. The largest absolute Gasteiger partial charge is 0.507 e. The van der Waals surface area contributed by atoms with Crippen LogP contribution >= 0.6 is 0 Å². The van der Waals surface area contributed by atoms with Crippen LogP contribution in [0.5, 0.6) is 11.5 Å². The molecule has 2 aromatic carbocycles. The molecule has 0 aliphatic heterocycles. The Balaban J connectivity index is 2.40. The summed E-state index contributed by atoms with van der Waals surface area (Å²) in [6, 6.07) is 7.98. The van der Waals surface area contributed by atoms with E-state index in [2.05, 4.69) is 90.0 Å². The molecule has 1 unspecified atom stereocenters. The van der Waals surface area contributed by atoms with Gasteiger partial charge in [-0.2, -0.15) is 0 Å². The van der Waals surface area contributed by atoms with Crippen molar-refractivity contribution in [3.8, 4) is 11.5 Å². The van der Waals surface area contributed by atoms with Crippen molar-refractivity contribution in [1.82, 2.24) is 4.90 Å². The summed E-state index contributed by atoms with van der Waals surface area (Å²) in [5.74, 6) is 0.0768. The molecule has 6 heteroatoms. The lowest BCUT2D eigenvalue weighted by molar-refractivity contribution is -0.147. The number of nitrogens with zero attached hydrogens (tertiary/aromatic N) is 1. The van der Waals surface area contributed by atoms with E-state index in [1.165, 1.54) is 4.90 Å². The summed E-state index contributed by atoms with van der Waals surface area (Å²) in [4.78, 5) is 29.0. The first-order chi connectivity index (χ1) is 20.9. The molecule has 0 aromatic heterocycles. The van der Waals surface area contributed by atoms with Crippen LogP contribution < -0.4 is 5.73 Å². The Morgan fingerprint density at radius 1 is 0.630 bits per heavy atom. The number of nitrogens with two attached hydrogens (primary N) is 1. The van der Waals surface area contributed by atoms with Crippen molar-refractivity contribution in [3.63, 3.8) is 0 Å². The third-order valence-corrected chi connectivity index (χ3v) is 8.80. The third-order valence-electron chi connectivity index (χ3n) is 8.80. The van der Waals surface area contributed by atoms with Crippen LogP contribution in [0.25, 0.3) is 0 Å². The molecule has 1 atom stereocenters. The monoisotopic (exact) mass is 636 g/mol. The molecule has 46 heavy (non-hydrogen) atoms. The molecule has 2 amide bonds. The summed E-state index contributed by atoms with van der Waals surface area (Å²) in [7, 11) is 0. The van der Waals surface area contributed by atoms with Gasteiger partial charge in [-0.05, 0) is 74.3 Å². The summed E-state index contributed by atoms with van der Waals surface area (Å²) in [5, 5.41) is 22.3. The van der Waals surface area contributed by atoms with Crippen molar-refractivity contribution >= 4 is 11.8 Å². The fraction of sp³-hybridized carbons (Fsp3) is 0.650. The van der Waals surface area contributed by atoms with E-state index in [-0.39, 0.29) is 46.3 Å². The molecule has 258 valence electrons. The average molecular weight is 637 g/mol. The predicted octanol–water partition coefficient (Wildman–Crippen LogP) is 9.07. The quantitative estimate of drug-likeness (QED) is 0.169. The van der Waals surface area contributed by atoms with E-state index in [4.69, 9.17) is 5.73 Å². The molecule has 0 aliphatic rings. The second-order valence-electron chi connectivity index (χ2n) is 17.3. The van der Waals surface area contributed by atoms with Crippen molar-refractivity contribution < 1.29 is 19.8 Å². The van der Waals surface area contributed by atoms with Gasteiger partial charge >= 0.3 is 0 Å². The van der Waals surface area contributed by atoms with Crippen LogP contribution in [0, 0.1) is 0 Å². The van der Waals surface area contributed by atoms with E-state index in [1.54, 1.807) is 0 Å². The standard InChI is InChI=1S/C40H64N2O4/c1-14-15-16-17-32(41)42(33(43)20-18-26-22-28(37(2,3)4)35(45)29(23-26)38(5,6)7)34(44)21-19-27-24-30(39(8,9)10)36(46)31(25-27)40(11,12)13/h22-25,32,45-46H,14-21,41H2,1-13H3. The second-order valence-corrected chi connectivity index (χ2v) is 17.3. The van der Waals surface area contributed by atoms with Crippen LogP contribution in [0.3, 0.4) is 0 Å². The summed E-state index contributed by atoms with van der Waals surface area (Å²) in [6.07, 6.45) is 3.91. The molecule has 6 nitrogen and oxygen atoms in total. The molecule has 0 fully saturated rings. The Bertz CT molecular complexity index is 1200. The Morgan fingerprint density at radius 3 is 1.20 bits per heavy atom. The lowest BCUT2D eigenvalue weighted by Gasteiger charge is -2.30. The number of benzene rings is 2. The molecule has 4 N–H and O–H groups in total. The molecule has 0 saturated carbocycles. The third kappa shape index (κ3) is 10.3. The van der Waals surface area contributed by atoms with Crippen molar-refractivity contribution in [2.75, 3.05) is 0 Å². The second kappa shape index (κ2) is 14.9. The maximum atomic E-state index is 13.8. The highest BCUT2D eigenvalue weighted by Gasteiger charge is 2.30. The summed E-state index contributed by atoms with van der Waals surface area (Å²) < 4.78 is 0. The van der Waals surface area contributed by atoms with Gasteiger partial charge in [0.05, 0.1) is 6.17 Å². The topological polar surface area (TPSA) is 104 Å². The van der Waals surface area contributed by atoms with Crippen LogP contribution in [0.4, 0.5) is 0 Å². The summed E-state index contributed by atoms with van der Waals surface area (Å²) in [6.45, 7) is 27.0. The van der Waals surface area contributed by atoms with Crippen LogP contribution in [0.2, 0.25) is 0 Å². The molecular weight excluding hydrogens is 572 g/mol. The van der Waals surface area contributed by atoms with Crippen molar-refractivity contribution in [3.05, 3.63) is 57.6 Å². The van der Waals surface area contributed by atoms with Gasteiger partial charge in [0.2, 0.25) is 11.8 Å². The smallest absolute Gasteiger partial charge is 0.230 e. The molecule has 2 aromatic rings. The van der Waals surface area contributed by atoms with Crippen molar-refractivity contribution in [2.24, 2.45) is 5.73 Å². The average Bonchev–Trinajstić information content (AvgIpc) is 2.89. The van der Waals surface area contributed by atoms with Gasteiger partial charge in [-0.25, -0.2) is 0 Å². The van der Waals surface area contributed by atoms with Gasteiger partial charge < -0.3 is 15.9 Å². The number of amides is 2. The van der Waals surface area contributed by atoms with Gasteiger partial charge in [-0.15, -0.1) is 0 Å². The number of unbranched alkanes of at least 4 members (excludes halogenated alkanes) is 2. The molecular formula is C40H64N2O4. The van der Waals surface area contributed by atoms with E-state index >= 15 is 0 Å². The van der Waals surface area contributed by atoms with E-state index < -0.39 is 6.17 Å². The maximum absolute atomic E-state index is 13.8. The summed E-state index contributed by atoms with van der Waals surface area (Å²) in [5.41, 5.74) is 10.8. The van der Waals surface area contributed by atoms with E-state index in [0.717, 1.165) is 52.6 Å². The van der Waals surface area contributed by atoms with Gasteiger partial charge in [0, 0.05) is 12.8 Å². The zero-order valence-corrected chi connectivity index (χ0v) is 31.3. The van der Waals surface area contributed by atoms with Crippen LogP contribution in [-0.2, 0) is 44.1 Å². The molecule has 0 heterocycles. The number of rotatable bonds is 11. The highest BCUT2D eigenvalue weighted by atomic mass is 16.3. The first-order valence-corrected chi connectivity index (χ1v) is 17.2. The zero-order valence-electron chi connectivity index (χ0n) is 31.3. The number of hydrogen-bond acceptors (Lipinski definition) is 5. The van der Waals surface area contributed by atoms with E-state index in [0.29, 0.717) is 30.8 Å². The van der Waals surface area contributed by atoms with Crippen LogP contribution in [0.1, 0.15) is 162 Å². The lowest BCUT2D eigenvalue weighted by atomic mass is 9.78. The zero-order chi connectivity index (χ0) is 35.4. The fourth-order valence-electron chi connectivity index (χ4n) is 5.95.